The summed E-state index contributed by atoms with van der Waals surface area (Å²) in [7, 11) is 1.27. The van der Waals surface area contributed by atoms with Gasteiger partial charge in [-0.05, 0) is 12.1 Å². The summed E-state index contributed by atoms with van der Waals surface area (Å²) < 4.78 is 9.97. The standard InChI is InChI=1S/C13H13N3O5/c1-20-13(17)12-8-21-5-4-15(12)10-3-2-9(7-14)11(6-10)16(18)19/h2-3,6,12H,4-5,8H2,1H3. The Balaban J connectivity index is 2.39. The van der Waals surface area contributed by atoms with Crippen molar-refractivity contribution in [2.45, 2.75) is 6.04 Å². The summed E-state index contributed by atoms with van der Waals surface area (Å²) in [4.78, 5) is 23.8. The van der Waals surface area contributed by atoms with Gasteiger partial charge in [0.15, 0.2) is 6.04 Å². The van der Waals surface area contributed by atoms with Crippen LogP contribution in [0.4, 0.5) is 11.4 Å². The summed E-state index contributed by atoms with van der Waals surface area (Å²) >= 11 is 0. The molecule has 0 spiro atoms. The minimum atomic E-state index is -0.656. The van der Waals surface area contributed by atoms with Crippen molar-refractivity contribution in [2.75, 3.05) is 31.8 Å². The number of hydrogen-bond acceptors (Lipinski definition) is 7. The summed E-state index contributed by atoms with van der Waals surface area (Å²) in [5.74, 6) is -0.471. The van der Waals surface area contributed by atoms with E-state index in [1.807, 2.05) is 0 Å². The zero-order valence-electron chi connectivity index (χ0n) is 11.3. The van der Waals surface area contributed by atoms with Crippen molar-refractivity contribution in [3.8, 4) is 6.07 Å². The number of ether oxygens (including phenoxy) is 2. The molecule has 1 saturated heterocycles. The van der Waals surface area contributed by atoms with Crippen molar-refractivity contribution >= 4 is 17.3 Å². The van der Waals surface area contributed by atoms with Crippen LogP contribution in [0, 0.1) is 21.4 Å². The van der Waals surface area contributed by atoms with Gasteiger partial charge in [-0.15, -0.1) is 0 Å². The molecule has 1 aromatic rings. The molecule has 0 saturated carbocycles. The van der Waals surface area contributed by atoms with E-state index in [1.54, 1.807) is 17.0 Å². The molecule has 21 heavy (non-hydrogen) atoms. The number of nitriles is 1. The van der Waals surface area contributed by atoms with E-state index in [0.29, 0.717) is 18.8 Å². The highest BCUT2D eigenvalue weighted by Gasteiger charge is 2.31. The molecule has 0 amide bonds. The number of morpholine rings is 1. The highest BCUT2D eigenvalue weighted by molar-refractivity contribution is 5.81. The van der Waals surface area contributed by atoms with Gasteiger partial charge in [0.1, 0.15) is 11.6 Å². The Morgan fingerprint density at radius 2 is 2.38 bits per heavy atom. The second kappa shape index (κ2) is 6.19. The maximum Gasteiger partial charge on any atom is 0.330 e. The maximum absolute atomic E-state index is 11.8. The van der Waals surface area contributed by atoms with E-state index in [2.05, 4.69) is 0 Å². The van der Waals surface area contributed by atoms with E-state index in [4.69, 9.17) is 14.7 Å². The fourth-order valence-corrected chi connectivity index (χ4v) is 2.19. The van der Waals surface area contributed by atoms with Crippen molar-refractivity contribution in [1.29, 1.82) is 5.26 Å². The number of esters is 1. The van der Waals surface area contributed by atoms with Crippen molar-refractivity contribution < 1.29 is 19.2 Å². The number of nitro groups is 1. The molecule has 8 nitrogen and oxygen atoms in total. The number of rotatable bonds is 3. The number of carbonyl (C=O) groups is 1. The second-order valence-electron chi connectivity index (χ2n) is 4.38. The number of carbonyl (C=O) groups excluding carboxylic acids is 1. The van der Waals surface area contributed by atoms with E-state index in [9.17, 15) is 14.9 Å². The van der Waals surface area contributed by atoms with Crippen molar-refractivity contribution in [3.63, 3.8) is 0 Å². The molecule has 0 radical (unpaired) electrons. The average Bonchev–Trinajstić information content (AvgIpc) is 2.53. The van der Waals surface area contributed by atoms with Crippen molar-refractivity contribution in [2.24, 2.45) is 0 Å². The number of methoxy groups -OCH3 is 1. The number of anilines is 1. The van der Waals surface area contributed by atoms with Crippen molar-refractivity contribution in [1.82, 2.24) is 0 Å². The largest absolute Gasteiger partial charge is 0.467 e. The number of benzene rings is 1. The van der Waals surface area contributed by atoms with Gasteiger partial charge in [-0.1, -0.05) is 0 Å². The van der Waals surface area contributed by atoms with Crippen LogP contribution in [-0.2, 0) is 14.3 Å². The van der Waals surface area contributed by atoms with Crippen LogP contribution in [-0.4, -0.2) is 43.8 Å². The Morgan fingerprint density at radius 1 is 1.62 bits per heavy atom. The fraction of sp³-hybridized carbons (Fsp3) is 0.385. The monoisotopic (exact) mass is 291 g/mol. The van der Waals surface area contributed by atoms with Gasteiger partial charge in [-0.25, -0.2) is 4.79 Å². The molecule has 110 valence electrons. The number of nitro benzene ring substituents is 1. The Hall–Kier alpha value is -2.66. The lowest BCUT2D eigenvalue weighted by Crippen LogP contribution is -2.50. The Kier molecular flexibility index (Phi) is 4.35. The van der Waals surface area contributed by atoms with Gasteiger partial charge >= 0.3 is 5.97 Å². The molecular formula is C13H13N3O5. The molecule has 0 aliphatic carbocycles. The third-order valence-corrected chi connectivity index (χ3v) is 3.23. The highest BCUT2D eigenvalue weighted by Crippen LogP contribution is 2.27. The lowest BCUT2D eigenvalue weighted by atomic mass is 10.1. The van der Waals surface area contributed by atoms with Gasteiger partial charge in [0, 0.05) is 18.3 Å². The lowest BCUT2D eigenvalue weighted by Gasteiger charge is -2.35. The summed E-state index contributed by atoms with van der Waals surface area (Å²) in [5.41, 5.74) is 0.177. The van der Waals surface area contributed by atoms with Gasteiger partial charge < -0.3 is 14.4 Å². The van der Waals surface area contributed by atoms with Gasteiger partial charge in [0.05, 0.1) is 25.2 Å². The third kappa shape index (κ3) is 2.93. The fourth-order valence-electron chi connectivity index (χ4n) is 2.19. The van der Waals surface area contributed by atoms with Crippen LogP contribution in [0.5, 0.6) is 0 Å². The van der Waals surface area contributed by atoms with Crippen LogP contribution in [0.25, 0.3) is 0 Å². The Labute approximate surface area is 120 Å². The van der Waals surface area contributed by atoms with E-state index < -0.39 is 16.9 Å². The van der Waals surface area contributed by atoms with E-state index >= 15 is 0 Å². The van der Waals surface area contributed by atoms with Gasteiger partial charge in [0.2, 0.25) is 0 Å². The summed E-state index contributed by atoms with van der Waals surface area (Å²) in [6.45, 7) is 0.963. The van der Waals surface area contributed by atoms with Crippen molar-refractivity contribution in [3.05, 3.63) is 33.9 Å². The summed E-state index contributed by atoms with van der Waals surface area (Å²) in [6.07, 6.45) is 0. The molecule has 0 bridgehead atoms. The number of nitrogens with zero attached hydrogens (tertiary/aromatic N) is 3. The lowest BCUT2D eigenvalue weighted by molar-refractivity contribution is -0.385. The minimum absolute atomic E-state index is 0.0216. The third-order valence-electron chi connectivity index (χ3n) is 3.23. The zero-order chi connectivity index (χ0) is 15.4. The molecule has 1 fully saturated rings. The molecule has 0 aromatic heterocycles. The molecular weight excluding hydrogens is 278 g/mol. The average molecular weight is 291 g/mol. The first-order valence-electron chi connectivity index (χ1n) is 6.19. The molecule has 1 atom stereocenters. The molecule has 8 heteroatoms. The van der Waals surface area contributed by atoms with Crippen LogP contribution in [0.3, 0.4) is 0 Å². The van der Waals surface area contributed by atoms with E-state index in [1.165, 1.54) is 19.2 Å². The highest BCUT2D eigenvalue weighted by atomic mass is 16.6. The Morgan fingerprint density at radius 3 is 3.00 bits per heavy atom. The first-order chi connectivity index (χ1) is 10.1. The van der Waals surface area contributed by atoms with Gasteiger partial charge in [0.25, 0.3) is 5.69 Å². The second-order valence-corrected chi connectivity index (χ2v) is 4.38. The summed E-state index contributed by atoms with van der Waals surface area (Å²) in [5, 5.41) is 19.9. The van der Waals surface area contributed by atoms with E-state index in [0.717, 1.165) is 0 Å². The van der Waals surface area contributed by atoms with E-state index in [-0.39, 0.29) is 17.9 Å². The quantitative estimate of drug-likeness (QED) is 0.461. The maximum atomic E-state index is 11.8. The van der Waals surface area contributed by atoms with Crippen LogP contribution >= 0.6 is 0 Å². The van der Waals surface area contributed by atoms with Crippen LogP contribution in [0.15, 0.2) is 18.2 Å². The molecule has 1 aliphatic heterocycles. The van der Waals surface area contributed by atoms with Gasteiger partial charge in [-0.2, -0.15) is 5.26 Å². The molecule has 1 unspecified atom stereocenters. The first-order valence-corrected chi connectivity index (χ1v) is 6.19. The molecule has 1 aromatic carbocycles. The zero-order valence-corrected chi connectivity index (χ0v) is 11.3. The topological polar surface area (TPSA) is 106 Å². The van der Waals surface area contributed by atoms with Gasteiger partial charge in [-0.3, -0.25) is 10.1 Å². The van der Waals surface area contributed by atoms with Crippen LogP contribution in [0.2, 0.25) is 0 Å². The predicted octanol–water partition coefficient (Wildman–Crippen LogP) is 0.845. The minimum Gasteiger partial charge on any atom is -0.467 e. The molecule has 1 heterocycles. The number of hydrogen-bond donors (Lipinski definition) is 0. The smallest absolute Gasteiger partial charge is 0.330 e. The van der Waals surface area contributed by atoms with Crippen LogP contribution in [0.1, 0.15) is 5.56 Å². The Bertz CT molecular complexity index is 610. The predicted molar refractivity (Wildman–Crippen MR) is 71.8 cm³/mol. The normalized spacial score (nSPS) is 17.9. The molecule has 0 N–H and O–H groups in total. The van der Waals surface area contributed by atoms with Crippen LogP contribution < -0.4 is 4.90 Å². The molecule has 1 aliphatic rings. The summed E-state index contributed by atoms with van der Waals surface area (Å²) in [6, 6.07) is 5.36. The SMILES string of the molecule is COC(=O)C1COCCN1c1ccc(C#N)c([N+](=O)[O-])c1. The molecule has 2 rings (SSSR count). The first kappa shape index (κ1) is 14.7.